The quantitative estimate of drug-likeness (QED) is 0.0374. The maximum absolute atomic E-state index is 12.2. The molecule has 402 valence electrons. The Balaban J connectivity index is 3.34. The number of rotatable bonds is 58. The summed E-state index contributed by atoms with van der Waals surface area (Å²) in [6.45, 7) is 4.15. The van der Waals surface area contributed by atoms with Gasteiger partial charge in [-0.15, -0.1) is 0 Å². The van der Waals surface area contributed by atoms with E-state index in [1.54, 1.807) is 0 Å². The van der Waals surface area contributed by atoms with E-state index in [0.717, 1.165) is 51.4 Å². The summed E-state index contributed by atoms with van der Waals surface area (Å²) >= 11 is 0. The summed E-state index contributed by atoms with van der Waals surface area (Å²) in [6.07, 6.45) is 76.3. The van der Waals surface area contributed by atoms with Gasteiger partial charge in [-0.1, -0.05) is 314 Å². The monoisotopic (exact) mass is 957 g/mol. The number of allylic oxidation sites excluding steroid dienone is 4. The van der Waals surface area contributed by atoms with Crippen molar-refractivity contribution in [1.29, 1.82) is 0 Å². The average Bonchev–Trinajstić information content (AvgIpc) is 3.34. The lowest BCUT2D eigenvalue weighted by Crippen LogP contribution is -2.28. The molecule has 0 saturated heterocycles. The van der Waals surface area contributed by atoms with Gasteiger partial charge in [-0.25, -0.2) is 0 Å². The predicted octanol–water partition coefficient (Wildman–Crippen LogP) is 20.9. The van der Waals surface area contributed by atoms with Crippen molar-refractivity contribution in [2.75, 3.05) is 13.2 Å². The van der Waals surface area contributed by atoms with Gasteiger partial charge in [0.05, 0.1) is 6.61 Å². The number of hydrogen-bond acceptors (Lipinski definition) is 5. The highest BCUT2D eigenvalue weighted by atomic mass is 16.6. The fraction of sp³-hybridized carbons (Fsp3) is 0.905. The second-order valence-electron chi connectivity index (χ2n) is 21.1. The maximum atomic E-state index is 12.2. The largest absolute Gasteiger partial charge is 0.462 e. The van der Waals surface area contributed by atoms with Gasteiger partial charge >= 0.3 is 11.9 Å². The Labute approximate surface area is 425 Å². The van der Waals surface area contributed by atoms with Crippen molar-refractivity contribution in [3.8, 4) is 0 Å². The second-order valence-corrected chi connectivity index (χ2v) is 21.1. The molecule has 0 saturated carbocycles. The van der Waals surface area contributed by atoms with Crippen molar-refractivity contribution in [3.05, 3.63) is 24.3 Å². The van der Waals surface area contributed by atoms with Gasteiger partial charge in [-0.2, -0.15) is 0 Å². The van der Waals surface area contributed by atoms with Crippen LogP contribution in [0.4, 0.5) is 0 Å². The first-order chi connectivity index (χ1) is 33.6. The summed E-state index contributed by atoms with van der Waals surface area (Å²) in [5.74, 6) is -0.590. The zero-order valence-corrected chi connectivity index (χ0v) is 46.2. The lowest BCUT2D eigenvalue weighted by atomic mass is 10.0. The van der Waals surface area contributed by atoms with E-state index >= 15 is 0 Å². The highest BCUT2D eigenvalue weighted by Crippen LogP contribution is 2.18. The van der Waals surface area contributed by atoms with Crippen LogP contribution in [0, 0.1) is 0 Å². The zero-order valence-electron chi connectivity index (χ0n) is 46.2. The van der Waals surface area contributed by atoms with Crippen LogP contribution in [-0.2, 0) is 19.1 Å². The number of unbranched alkanes of at least 4 members (excludes halogenated alkanes) is 46. The van der Waals surface area contributed by atoms with Crippen LogP contribution in [-0.4, -0.2) is 36.4 Å². The first-order valence-electron chi connectivity index (χ1n) is 30.9. The Bertz CT molecular complexity index is 1040. The molecule has 0 aromatic heterocycles. The van der Waals surface area contributed by atoms with Crippen LogP contribution >= 0.6 is 0 Å². The van der Waals surface area contributed by atoms with E-state index < -0.39 is 6.10 Å². The van der Waals surface area contributed by atoms with Crippen LogP contribution in [0.2, 0.25) is 0 Å². The molecule has 5 heteroatoms. The molecular weight excluding hydrogens is 837 g/mol. The van der Waals surface area contributed by atoms with Gasteiger partial charge in [-0.05, 0) is 44.9 Å². The van der Waals surface area contributed by atoms with E-state index in [1.165, 1.54) is 270 Å². The van der Waals surface area contributed by atoms with E-state index in [2.05, 4.69) is 38.2 Å². The fourth-order valence-corrected chi connectivity index (χ4v) is 9.59. The molecule has 0 aromatic rings. The molecule has 1 atom stereocenters. The molecule has 0 heterocycles. The van der Waals surface area contributed by atoms with Crippen LogP contribution in [0.1, 0.15) is 348 Å². The van der Waals surface area contributed by atoms with Gasteiger partial charge in [0.25, 0.3) is 0 Å². The van der Waals surface area contributed by atoms with Gasteiger partial charge in [0, 0.05) is 12.8 Å². The minimum Gasteiger partial charge on any atom is -0.462 e. The number of carbonyl (C=O) groups is 2. The molecule has 68 heavy (non-hydrogen) atoms. The molecule has 0 rings (SSSR count). The Kier molecular flexibility index (Phi) is 58.3. The summed E-state index contributed by atoms with van der Waals surface area (Å²) in [6, 6.07) is 0. The summed E-state index contributed by atoms with van der Waals surface area (Å²) in [5, 5.41) is 9.63. The molecule has 1 N–H and O–H groups in total. The Morgan fingerprint density at radius 3 is 0.897 bits per heavy atom. The minimum absolute atomic E-state index is 0.0665. The molecule has 0 bridgehead atoms. The SMILES string of the molecule is CCCCC/C=C\C/C=C\CCCCCCCC(=O)OC(CO)COC(=O)CCCCCCCCCCCCCCCCCCCCCCCCCCCCCCCCCCCCCCCCC. The smallest absolute Gasteiger partial charge is 0.306 e. The summed E-state index contributed by atoms with van der Waals surface area (Å²) < 4.78 is 10.7. The van der Waals surface area contributed by atoms with Crippen LogP contribution in [0.5, 0.6) is 0 Å². The van der Waals surface area contributed by atoms with Gasteiger partial charge in [-0.3, -0.25) is 9.59 Å². The van der Waals surface area contributed by atoms with Crippen LogP contribution in [0.15, 0.2) is 24.3 Å². The number of aliphatic hydroxyl groups excluding tert-OH is 1. The maximum Gasteiger partial charge on any atom is 0.306 e. The molecule has 0 amide bonds. The highest BCUT2D eigenvalue weighted by Gasteiger charge is 2.16. The van der Waals surface area contributed by atoms with E-state index in [4.69, 9.17) is 9.47 Å². The van der Waals surface area contributed by atoms with Crippen molar-refractivity contribution in [2.24, 2.45) is 0 Å². The topological polar surface area (TPSA) is 72.8 Å². The predicted molar refractivity (Wildman–Crippen MR) is 298 cm³/mol. The van der Waals surface area contributed by atoms with E-state index in [1.807, 2.05) is 0 Å². The molecule has 0 aliphatic rings. The molecule has 0 fully saturated rings. The first kappa shape index (κ1) is 66.4. The lowest BCUT2D eigenvalue weighted by Gasteiger charge is -2.15. The van der Waals surface area contributed by atoms with Crippen molar-refractivity contribution in [1.82, 2.24) is 0 Å². The molecule has 0 spiro atoms. The molecule has 1 unspecified atom stereocenters. The van der Waals surface area contributed by atoms with Gasteiger partial charge in [0.1, 0.15) is 6.61 Å². The van der Waals surface area contributed by atoms with Crippen molar-refractivity contribution in [3.63, 3.8) is 0 Å². The van der Waals surface area contributed by atoms with Gasteiger partial charge in [0.15, 0.2) is 6.10 Å². The fourth-order valence-electron chi connectivity index (χ4n) is 9.59. The van der Waals surface area contributed by atoms with Crippen molar-refractivity contribution >= 4 is 11.9 Å². The second kappa shape index (κ2) is 59.7. The number of hydrogen-bond donors (Lipinski definition) is 1. The van der Waals surface area contributed by atoms with Crippen molar-refractivity contribution < 1.29 is 24.2 Å². The highest BCUT2D eigenvalue weighted by molar-refractivity contribution is 5.70. The molecule has 0 aliphatic heterocycles. The Morgan fingerprint density at radius 1 is 0.338 bits per heavy atom. The third-order valence-corrected chi connectivity index (χ3v) is 14.2. The third-order valence-electron chi connectivity index (χ3n) is 14.2. The van der Waals surface area contributed by atoms with E-state index in [-0.39, 0.29) is 25.2 Å². The third kappa shape index (κ3) is 57.0. The van der Waals surface area contributed by atoms with Gasteiger partial charge < -0.3 is 14.6 Å². The molecule has 0 aromatic carbocycles. The van der Waals surface area contributed by atoms with Crippen molar-refractivity contribution in [2.45, 2.75) is 354 Å². The Morgan fingerprint density at radius 2 is 0.588 bits per heavy atom. The van der Waals surface area contributed by atoms with E-state index in [9.17, 15) is 14.7 Å². The van der Waals surface area contributed by atoms with Crippen LogP contribution in [0.3, 0.4) is 0 Å². The van der Waals surface area contributed by atoms with E-state index in [0.29, 0.717) is 12.8 Å². The number of ether oxygens (including phenoxy) is 2. The van der Waals surface area contributed by atoms with Crippen LogP contribution in [0.25, 0.3) is 0 Å². The number of esters is 2. The Hall–Kier alpha value is -1.62. The minimum atomic E-state index is -0.776. The summed E-state index contributed by atoms with van der Waals surface area (Å²) in [4.78, 5) is 24.5. The molecule has 5 nitrogen and oxygen atoms in total. The zero-order chi connectivity index (χ0) is 49.2. The summed E-state index contributed by atoms with van der Waals surface area (Å²) in [5.41, 5.74) is 0. The first-order valence-corrected chi connectivity index (χ1v) is 30.9. The standard InChI is InChI=1S/C63H120O5/c1-3-5-7-9-11-13-15-17-19-20-21-22-23-24-25-26-27-28-29-30-31-32-33-34-35-36-37-38-39-40-41-42-44-45-47-49-51-53-55-57-62(65)67-60-61(59-64)68-63(66)58-56-54-52-50-48-46-43-18-16-14-12-10-8-6-4-2/h12,14,18,43,61,64H,3-11,13,15-17,19-42,44-60H2,1-2H3/b14-12-,43-18-. The number of carbonyl (C=O) groups excluding carboxylic acids is 2. The normalized spacial score (nSPS) is 12.2. The van der Waals surface area contributed by atoms with Gasteiger partial charge in [0.2, 0.25) is 0 Å². The number of aliphatic hydroxyl groups is 1. The average molecular weight is 958 g/mol. The molecule has 0 radical (unpaired) electrons. The lowest BCUT2D eigenvalue weighted by molar-refractivity contribution is -0.161. The summed E-state index contributed by atoms with van der Waals surface area (Å²) in [7, 11) is 0. The molecule has 0 aliphatic carbocycles. The molecular formula is C63H120O5. The van der Waals surface area contributed by atoms with Crippen LogP contribution < -0.4 is 0 Å².